The Bertz CT molecular complexity index is 1570. The first kappa shape index (κ1) is 28.1. The lowest BCUT2D eigenvalue weighted by Gasteiger charge is -2.36. The van der Waals surface area contributed by atoms with Crippen LogP contribution >= 0.6 is 0 Å². The van der Waals surface area contributed by atoms with E-state index < -0.39 is 0 Å². The number of benzene rings is 1. The molecule has 6 rings (SSSR count). The van der Waals surface area contributed by atoms with Crippen molar-refractivity contribution in [2.45, 2.75) is 50.4 Å². The third-order valence-corrected chi connectivity index (χ3v) is 7.82. The number of ether oxygens (including phenoxy) is 1. The van der Waals surface area contributed by atoms with Crippen LogP contribution in [0.3, 0.4) is 0 Å². The van der Waals surface area contributed by atoms with Crippen LogP contribution in [-0.2, 0) is 18.3 Å². The normalized spacial score (nSPS) is 18.2. The number of urea groups is 1. The number of aromatic nitrogens is 5. The van der Waals surface area contributed by atoms with Crippen LogP contribution in [0.1, 0.15) is 36.8 Å². The van der Waals surface area contributed by atoms with Crippen LogP contribution in [0.2, 0.25) is 0 Å². The molecule has 3 aromatic heterocycles. The zero-order valence-corrected chi connectivity index (χ0v) is 24.0. The quantitative estimate of drug-likeness (QED) is 0.267. The molecule has 1 aliphatic carbocycles. The molecule has 3 N–H and O–H groups in total. The average Bonchev–Trinajstić information content (AvgIpc) is 3.46. The lowest BCUT2D eigenvalue weighted by atomic mass is 9.90. The fourth-order valence-electron chi connectivity index (χ4n) is 5.40. The lowest BCUT2D eigenvalue weighted by Crippen LogP contribution is -2.49. The molecule has 2 fully saturated rings. The second kappa shape index (κ2) is 12.9. The minimum absolute atomic E-state index is 0.0247. The first-order valence-corrected chi connectivity index (χ1v) is 14.5. The van der Waals surface area contributed by atoms with Crippen LogP contribution in [0.15, 0.2) is 67.3 Å². The van der Waals surface area contributed by atoms with E-state index in [2.05, 4.69) is 37.1 Å². The highest BCUT2D eigenvalue weighted by molar-refractivity contribution is 5.91. The number of hydrogen-bond acceptors (Lipinski definition) is 9. The fraction of sp³-hybridized carbons (Fsp3) is 0.355. The number of nitriles is 1. The average molecular weight is 579 g/mol. The van der Waals surface area contributed by atoms with Crippen molar-refractivity contribution in [3.05, 3.63) is 78.4 Å². The highest BCUT2D eigenvalue weighted by Gasteiger charge is 2.31. The van der Waals surface area contributed by atoms with Crippen LogP contribution < -0.4 is 20.9 Å². The van der Waals surface area contributed by atoms with Gasteiger partial charge in [0.25, 0.3) is 0 Å². The molecule has 0 spiro atoms. The van der Waals surface area contributed by atoms with Gasteiger partial charge in [-0.15, -0.1) is 0 Å². The topological polar surface area (TPSA) is 146 Å². The van der Waals surface area contributed by atoms with Crippen molar-refractivity contribution in [3.63, 3.8) is 0 Å². The third-order valence-electron chi connectivity index (χ3n) is 7.82. The van der Waals surface area contributed by atoms with Gasteiger partial charge in [-0.25, -0.2) is 14.8 Å². The molecule has 12 nitrogen and oxygen atoms in total. The standard InChI is InChI=1S/C31H34N10O2/c1-40-18-24(17-36-40)22-7-12-28(33-15-22)41(31(42)35-14-21-5-3-2-4-6-21)27-10-8-25(9-11-27)38-30-34-16-23(13-32)29(39-30)37-26-19-43-20-26/h2-7,12,15-18,25-27H,8-11,14,19-20H2,1H3,(H,35,42)(H2,34,37,38,39). The van der Waals surface area contributed by atoms with Gasteiger partial charge in [-0.1, -0.05) is 30.3 Å². The number of hydrogen-bond donors (Lipinski definition) is 3. The second-order valence-corrected chi connectivity index (χ2v) is 10.9. The van der Waals surface area contributed by atoms with E-state index in [4.69, 9.17) is 9.72 Å². The molecule has 2 aliphatic rings. The maximum Gasteiger partial charge on any atom is 0.323 e. The molecule has 0 radical (unpaired) electrons. The molecular formula is C31H34N10O2. The predicted octanol–water partition coefficient (Wildman–Crippen LogP) is 4.09. The van der Waals surface area contributed by atoms with Crippen LogP contribution in [0, 0.1) is 11.3 Å². The molecule has 4 aromatic rings. The molecule has 43 heavy (non-hydrogen) atoms. The number of pyridine rings is 1. The summed E-state index contributed by atoms with van der Waals surface area (Å²) in [6, 6.07) is 16.0. The fourth-order valence-corrected chi connectivity index (χ4v) is 5.40. The maximum atomic E-state index is 13.6. The van der Waals surface area contributed by atoms with Gasteiger partial charge >= 0.3 is 6.03 Å². The summed E-state index contributed by atoms with van der Waals surface area (Å²) in [5, 5.41) is 23.5. The predicted molar refractivity (Wildman–Crippen MR) is 162 cm³/mol. The molecule has 1 saturated heterocycles. The summed E-state index contributed by atoms with van der Waals surface area (Å²) >= 11 is 0. The molecule has 2 amide bonds. The molecule has 1 saturated carbocycles. The lowest BCUT2D eigenvalue weighted by molar-refractivity contribution is 0.0209. The molecule has 0 unspecified atom stereocenters. The molecule has 1 aromatic carbocycles. The summed E-state index contributed by atoms with van der Waals surface area (Å²) < 4.78 is 6.98. The van der Waals surface area contributed by atoms with Crippen molar-refractivity contribution >= 4 is 23.6 Å². The van der Waals surface area contributed by atoms with Gasteiger partial charge in [0.2, 0.25) is 5.95 Å². The molecule has 220 valence electrons. The maximum absolute atomic E-state index is 13.6. The monoisotopic (exact) mass is 578 g/mol. The largest absolute Gasteiger partial charge is 0.377 e. The van der Waals surface area contributed by atoms with E-state index >= 15 is 0 Å². The Morgan fingerprint density at radius 3 is 2.47 bits per heavy atom. The summed E-state index contributed by atoms with van der Waals surface area (Å²) in [5.74, 6) is 1.61. The SMILES string of the molecule is Cn1cc(-c2ccc(N(C(=O)NCc3ccccc3)C3CCC(Nc4ncc(C#N)c(NC5COC5)n4)CC3)nc2)cn1. The molecular weight excluding hydrogens is 544 g/mol. The summed E-state index contributed by atoms with van der Waals surface area (Å²) in [6.45, 7) is 1.62. The highest BCUT2D eigenvalue weighted by Crippen LogP contribution is 2.30. The van der Waals surface area contributed by atoms with Crippen molar-refractivity contribution in [2.75, 3.05) is 28.7 Å². The third kappa shape index (κ3) is 6.73. The van der Waals surface area contributed by atoms with Gasteiger partial charge < -0.3 is 20.7 Å². The molecule has 12 heteroatoms. The minimum atomic E-state index is -0.173. The number of nitrogens with zero attached hydrogens (tertiary/aromatic N) is 7. The Labute approximate surface area is 250 Å². The summed E-state index contributed by atoms with van der Waals surface area (Å²) in [7, 11) is 1.88. The van der Waals surface area contributed by atoms with Crippen molar-refractivity contribution < 1.29 is 9.53 Å². The van der Waals surface area contributed by atoms with Crippen LogP contribution in [-0.4, -0.2) is 62.1 Å². The Morgan fingerprint density at radius 2 is 1.81 bits per heavy atom. The number of anilines is 3. The Morgan fingerprint density at radius 1 is 1.00 bits per heavy atom. The Balaban J connectivity index is 1.14. The van der Waals surface area contributed by atoms with Gasteiger partial charge in [0, 0.05) is 49.2 Å². The summed E-state index contributed by atoms with van der Waals surface area (Å²) in [4.78, 5) is 29.1. The summed E-state index contributed by atoms with van der Waals surface area (Å²) in [6.07, 6.45) is 10.3. The highest BCUT2D eigenvalue weighted by atomic mass is 16.5. The first-order chi connectivity index (χ1) is 21.1. The number of amides is 2. The Hall–Kier alpha value is -5.02. The number of rotatable bonds is 9. The zero-order valence-electron chi connectivity index (χ0n) is 24.0. The Kier molecular flexibility index (Phi) is 8.42. The van der Waals surface area contributed by atoms with E-state index in [-0.39, 0.29) is 24.2 Å². The van der Waals surface area contributed by atoms with E-state index in [1.807, 2.05) is 55.7 Å². The summed E-state index contributed by atoms with van der Waals surface area (Å²) in [5.41, 5.74) is 3.35. The van der Waals surface area contributed by atoms with Crippen molar-refractivity contribution in [2.24, 2.45) is 7.05 Å². The van der Waals surface area contributed by atoms with E-state index in [1.165, 1.54) is 0 Å². The van der Waals surface area contributed by atoms with E-state index in [0.29, 0.717) is 42.9 Å². The van der Waals surface area contributed by atoms with Gasteiger partial charge in [0.05, 0.1) is 31.6 Å². The molecule has 0 bridgehead atoms. The molecule has 4 heterocycles. The number of carbonyl (C=O) groups excluding carboxylic acids is 1. The van der Waals surface area contributed by atoms with Crippen molar-refractivity contribution in [3.8, 4) is 17.2 Å². The zero-order chi connectivity index (χ0) is 29.6. The van der Waals surface area contributed by atoms with Crippen molar-refractivity contribution in [1.29, 1.82) is 5.26 Å². The number of carbonyl (C=O) groups is 1. The molecule has 0 atom stereocenters. The van der Waals surface area contributed by atoms with Crippen LogP contribution in [0.25, 0.3) is 11.1 Å². The van der Waals surface area contributed by atoms with Crippen LogP contribution in [0.4, 0.5) is 22.4 Å². The minimum Gasteiger partial charge on any atom is -0.377 e. The van der Waals surface area contributed by atoms with Gasteiger partial charge in [-0.2, -0.15) is 15.3 Å². The molecule has 1 aliphatic heterocycles. The number of aryl methyl sites for hydroxylation is 1. The van der Waals surface area contributed by atoms with Gasteiger partial charge in [0.15, 0.2) is 0 Å². The van der Waals surface area contributed by atoms with Gasteiger partial charge in [0.1, 0.15) is 23.3 Å². The van der Waals surface area contributed by atoms with Crippen LogP contribution in [0.5, 0.6) is 0 Å². The van der Waals surface area contributed by atoms with E-state index in [1.54, 1.807) is 28.2 Å². The van der Waals surface area contributed by atoms with E-state index in [9.17, 15) is 10.1 Å². The first-order valence-electron chi connectivity index (χ1n) is 14.5. The second-order valence-electron chi connectivity index (χ2n) is 10.9. The van der Waals surface area contributed by atoms with Gasteiger partial charge in [-0.05, 0) is 43.4 Å². The van der Waals surface area contributed by atoms with Gasteiger partial charge in [-0.3, -0.25) is 9.58 Å². The smallest absolute Gasteiger partial charge is 0.323 e. The van der Waals surface area contributed by atoms with Crippen molar-refractivity contribution in [1.82, 2.24) is 30.0 Å². The van der Waals surface area contributed by atoms with E-state index in [0.717, 1.165) is 42.4 Å². The number of nitrogens with one attached hydrogen (secondary N) is 3.